The number of nitrogens with one attached hydrogen (secondary N) is 1. The lowest BCUT2D eigenvalue weighted by atomic mass is 10.1. The summed E-state index contributed by atoms with van der Waals surface area (Å²) in [6.45, 7) is 0. The highest BCUT2D eigenvalue weighted by Crippen LogP contribution is 2.16. The maximum atomic E-state index is 10.8. The molecule has 17 heavy (non-hydrogen) atoms. The van der Waals surface area contributed by atoms with E-state index in [1.54, 1.807) is 6.21 Å². The molecule has 0 saturated carbocycles. The second kappa shape index (κ2) is 5.12. The number of rotatable bonds is 2. The minimum atomic E-state index is -0.582. The number of carbonyl (C=O) groups is 1. The normalized spacial score (nSPS) is 10.6. The van der Waals surface area contributed by atoms with E-state index in [4.69, 9.17) is 0 Å². The standard InChI is InChI=1S/C13H12N2O2/c1-17-13(16)15-14-9-11-7-4-6-10-5-2-3-8-12(10)11/h2-9H,1H3,(H,15,16)/b14-9-. The van der Waals surface area contributed by atoms with E-state index in [1.165, 1.54) is 7.11 Å². The number of methoxy groups -OCH3 is 1. The summed E-state index contributed by atoms with van der Waals surface area (Å²) in [6.07, 6.45) is 1.01. The third-order valence-electron chi connectivity index (χ3n) is 2.37. The molecule has 0 spiro atoms. The monoisotopic (exact) mass is 228 g/mol. The van der Waals surface area contributed by atoms with Crippen molar-refractivity contribution in [1.29, 1.82) is 0 Å². The summed E-state index contributed by atoms with van der Waals surface area (Å²) in [5.41, 5.74) is 3.20. The van der Waals surface area contributed by atoms with Gasteiger partial charge >= 0.3 is 6.09 Å². The maximum Gasteiger partial charge on any atom is 0.427 e. The van der Waals surface area contributed by atoms with Crippen molar-refractivity contribution in [1.82, 2.24) is 5.43 Å². The number of benzene rings is 2. The third-order valence-corrected chi connectivity index (χ3v) is 2.37. The van der Waals surface area contributed by atoms with E-state index in [2.05, 4.69) is 15.3 Å². The molecular formula is C13H12N2O2. The van der Waals surface area contributed by atoms with Gasteiger partial charge in [-0.15, -0.1) is 0 Å². The molecule has 0 fully saturated rings. The number of nitrogens with zero attached hydrogens (tertiary/aromatic N) is 1. The van der Waals surface area contributed by atoms with E-state index in [-0.39, 0.29) is 0 Å². The zero-order chi connectivity index (χ0) is 12.1. The summed E-state index contributed by atoms with van der Waals surface area (Å²) in [5, 5.41) is 6.04. The minimum absolute atomic E-state index is 0.582. The van der Waals surface area contributed by atoms with Crippen molar-refractivity contribution in [2.75, 3.05) is 7.11 Å². The molecule has 0 aliphatic rings. The first-order valence-corrected chi connectivity index (χ1v) is 5.16. The van der Waals surface area contributed by atoms with Crippen LogP contribution in [0.4, 0.5) is 4.79 Å². The molecular weight excluding hydrogens is 216 g/mol. The molecule has 2 rings (SSSR count). The Balaban J connectivity index is 2.27. The van der Waals surface area contributed by atoms with Crippen molar-refractivity contribution in [2.24, 2.45) is 5.10 Å². The number of amides is 1. The summed E-state index contributed by atoms with van der Waals surface area (Å²) in [5.74, 6) is 0. The predicted octanol–water partition coefficient (Wildman–Crippen LogP) is 2.53. The Morgan fingerprint density at radius 3 is 2.82 bits per heavy atom. The molecule has 2 aromatic rings. The molecule has 2 aromatic carbocycles. The van der Waals surface area contributed by atoms with E-state index in [0.717, 1.165) is 16.3 Å². The zero-order valence-corrected chi connectivity index (χ0v) is 9.38. The fourth-order valence-corrected chi connectivity index (χ4v) is 1.56. The average Bonchev–Trinajstić information content (AvgIpc) is 2.39. The van der Waals surface area contributed by atoms with Crippen LogP contribution in [0.25, 0.3) is 10.8 Å². The van der Waals surface area contributed by atoms with Crippen LogP contribution in [-0.4, -0.2) is 19.4 Å². The van der Waals surface area contributed by atoms with Crippen LogP contribution in [-0.2, 0) is 4.74 Å². The molecule has 4 nitrogen and oxygen atoms in total. The Morgan fingerprint density at radius 2 is 2.00 bits per heavy atom. The first kappa shape index (κ1) is 11.1. The lowest BCUT2D eigenvalue weighted by Gasteiger charge is -2.01. The van der Waals surface area contributed by atoms with Crippen LogP contribution in [0.2, 0.25) is 0 Å². The maximum absolute atomic E-state index is 10.8. The summed E-state index contributed by atoms with van der Waals surface area (Å²) in [7, 11) is 1.29. The van der Waals surface area contributed by atoms with E-state index >= 15 is 0 Å². The van der Waals surface area contributed by atoms with Crippen LogP contribution in [0.1, 0.15) is 5.56 Å². The molecule has 86 valence electrons. The number of fused-ring (bicyclic) bond motifs is 1. The molecule has 0 radical (unpaired) electrons. The van der Waals surface area contributed by atoms with Crippen molar-refractivity contribution in [3.63, 3.8) is 0 Å². The van der Waals surface area contributed by atoms with Crippen molar-refractivity contribution in [2.45, 2.75) is 0 Å². The molecule has 1 N–H and O–H groups in total. The highest BCUT2D eigenvalue weighted by atomic mass is 16.5. The van der Waals surface area contributed by atoms with Crippen LogP contribution in [0.5, 0.6) is 0 Å². The number of hydrogen-bond donors (Lipinski definition) is 1. The summed E-state index contributed by atoms with van der Waals surface area (Å²) < 4.78 is 4.41. The van der Waals surface area contributed by atoms with E-state index in [9.17, 15) is 4.79 Å². The van der Waals surface area contributed by atoms with Crippen LogP contribution in [0.15, 0.2) is 47.6 Å². The highest BCUT2D eigenvalue weighted by Gasteiger charge is 1.97. The van der Waals surface area contributed by atoms with Gasteiger partial charge in [-0.3, -0.25) is 0 Å². The van der Waals surface area contributed by atoms with Crippen LogP contribution >= 0.6 is 0 Å². The first-order chi connectivity index (χ1) is 8.31. The number of carbonyl (C=O) groups excluding carboxylic acids is 1. The van der Waals surface area contributed by atoms with Crippen molar-refractivity contribution >= 4 is 23.1 Å². The average molecular weight is 228 g/mol. The van der Waals surface area contributed by atoms with Crippen LogP contribution in [0.3, 0.4) is 0 Å². The van der Waals surface area contributed by atoms with Crippen LogP contribution < -0.4 is 5.43 Å². The topological polar surface area (TPSA) is 50.7 Å². The van der Waals surface area contributed by atoms with Crippen molar-refractivity contribution in [3.8, 4) is 0 Å². The zero-order valence-electron chi connectivity index (χ0n) is 9.38. The molecule has 0 atom stereocenters. The molecule has 4 heteroatoms. The Morgan fingerprint density at radius 1 is 1.24 bits per heavy atom. The van der Waals surface area contributed by atoms with Gasteiger partial charge in [-0.1, -0.05) is 42.5 Å². The second-order valence-electron chi connectivity index (χ2n) is 3.43. The molecule has 0 aliphatic carbocycles. The Labute approximate surface area is 98.9 Å². The van der Waals surface area contributed by atoms with Crippen molar-refractivity contribution < 1.29 is 9.53 Å². The number of hydrogen-bond acceptors (Lipinski definition) is 3. The minimum Gasteiger partial charge on any atom is -0.452 e. The number of ether oxygens (including phenoxy) is 1. The summed E-state index contributed by atoms with van der Waals surface area (Å²) >= 11 is 0. The van der Waals surface area contributed by atoms with Gasteiger partial charge in [0.1, 0.15) is 0 Å². The smallest absolute Gasteiger partial charge is 0.427 e. The molecule has 0 bridgehead atoms. The van der Waals surface area contributed by atoms with Gasteiger partial charge in [-0.05, 0) is 10.8 Å². The predicted molar refractivity (Wildman–Crippen MR) is 67.1 cm³/mol. The van der Waals surface area contributed by atoms with Gasteiger partial charge in [0.05, 0.1) is 13.3 Å². The molecule has 1 amide bonds. The van der Waals surface area contributed by atoms with Crippen LogP contribution in [0, 0.1) is 0 Å². The van der Waals surface area contributed by atoms with Crippen molar-refractivity contribution in [3.05, 3.63) is 48.0 Å². The quantitative estimate of drug-likeness (QED) is 0.634. The summed E-state index contributed by atoms with van der Waals surface area (Å²) in [4.78, 5) is 10.8. The molecule has 0 heterocycles. The second-order valence-corrected chi connectivity index (χ2v) is 3.43. The molecule has 0 aromatic heterocycles. The lowest BCUT2D eigenvalue weighted by Crippen LogP contribution is -2.16. The molecule has 0 aliphatic heterocycles. The van der Waals surface area contributed by atoms with Gasteiger partial charge in [0, 0.05) is 5.56 Å². The fraction of sp³-hybridized carbons (Fsp3) is 0.0769. The van der Waals surface area contributed by atoms with E-state index in [1.807, 2.05) is 42.5 Å². The third kappa shape index (κ3) is 2.60. The molecule has 0 unspecified atom stereocenters. The first-order valence-electron chi connectivity index (χ1n) is 5.16. The molecule has 0 saturated heterocycles. The largest absolute Gasteiger partial charge is 0.452 e. The van der Waals surface area contributed by atoms with E-state index < -0.39 is 6.09 Å². The Kier molecular flexibility index (Phi) is 3.35. The van der Waals surface area contributed by atoms with E-state index in [0.29, 0.717) is 0 Å². The van der Waals surface area contributed by atoms with Gasteiger partial charge in [0.2, 0.25) is 0 Å². The highest BCUT2D eigenvalue weighted by molar-refractivity contribution is 5.99. The van der Waals surface area contributed by atoms with Gasteiger partial charge in [-0.25, -0.2) is 10.2 Å². The number of hydrazone groups is 1. The Hall–Kier alpha value is -2.36. The fourth-order valence-electron chi connectivity index (χ4n) is 1.56. The van der Waals surface area contributed by atoms with Gasteiger partial charge in [0.25, 0.3) is 0 Å². The SMILES string of the molecule is COC(=O)N/N=C\c1cccc2ccccc12. The Bertz CT molecular complexity index is 559. The van der Waals surface area contributed by atoms with Gasteiger partial charge in [-0.2, -0.15) is 5.10 Å². The lowest BCUT2D eigenvalue weighted by molar-refractivity contribution is 0.171. The van der Waals surface area contributed by atoms with Gasteiger partial charge < -0.3 is 4.74 Å². The summed E-state index contributed by atoms with van der Waals surface area (Å²) in [6, 6.07) is 13.9. The van der Waals surface area contributed by atoms with Gasteiger partial charge in [0.15, 0.2) is 0 Å².